The summed E-state index contributed by atoms with van der Waals surface area (Å²) in [6.45, 7) is 0.410. The smallest absolute Gasteiger partial charge is 0.157 e. The Morgan fingerprint density at radius 2 is 1.08 bits per heavy atom. The molecule has 2 N–H and O–H groups in total. The van der Waals surface area contributed by atoms with Crippen molar-refractivity contribution in [1.82, 2.24) is 0 Å². The molecular formula is C45H33N3O. The molecular weight excluding hydrogens is 599 g/mol. The Labute approximate surface area is 285 Å². The molecule has 4 heteroatoms. The van der Waals surface area contributed by atoms with E-state index in [0.29, 0.717) is 18.2 Å². The molecule has 0 bridgehead atoms. The van der Waals surface area contributed by atoms with E-state index in [-0.39, 0.29) is 0 Å². The zero-order valence-corrected chi connectivity index (χ0v) is 26.8. The number of nitrogens with two attached hydrogens (primary N) is 1. The Morgan fingerprint density at radius 1 is 0.490 bits per heavy atom. The van der Waals surface area contributed by atoms with Crippen molar-refractivity contribution in [2.24, 2.45) is 15.7 Å². The number of hydrogen-bond acceptors (Lipinski definition) is 2. The van der Waals surface area contributed by atoms with E-state index in [0.717, 1.165) is 72.0 Å². The number of hydrogen-bond donors (Lipinski definition) is 1. The van der Waals surface area contributed by atoms with Crippen molar-refractivity contribution in [2.75, 3.05) is 0 Å². The Balaban J connectivity index is 1.27. The maximum atomic E-state index is 6.65. The minimum atomic E-state index is 0.410. The maximum absolute atomic E-state index is 6.65. The molecule has 0 saturated carbocycles. The van der Waals surface area contributed by atoms with E-state index in [1.807, 2.05) is 66.7 Å². The van der Waals surface area contributed by atoms with Gasteiger partial charge in [0.05, 0.1) is 6.54 Å². The molecule has 0 fully saturated rings. The summed E-state index contributed by atoms with van der Waals surface area (Å²) in [5.74, 6) is 0.980. The summed E-state index contributed by atoms with van der Waals surface area (Å²) in [4.78, 5) is 10.2. The van der Waals surface area contributed by atoms with Crippen LogP contribution in [0.15, 0.2) is 190 Å². The summed E-state index contributed by atoms with van der Waals surface area (Å²) < 4.78 is 6.30. The second kappa shape index (κ2) is 13.3. The fraction of sp³-hybridized carbons (Fsp3) is 0.0222. The van der Waals surface area contributed by atoms with Crippen LogP contribution in [-0.2, 0) is 6.54 Å². The van der Waals surface area contributed by atoms with Gasteiger partial charge < -0.3 is 10.2 Å². The van der Waals surface area contributed by atoms with Crippen LogP contribution in [0.25, 0.3) is 55.3 Å². The lowest BCUT2D eigenvalue weighted by Gasteiger charge is -2.12. The molecule has 8 aromatic rings. The summed E-state index contributed by atoms with van der Waals surface area (Å²) in [6.07, 6.45) is 0. The van der Waals surface area contributed by atoms with E-state index in [2.05, 4.69) is 109 Å². The fourth-order valence-corrected chi connectivity index (χ4v) is 6.33. The van der Waals surface area contributed by atoms with E-state index in [4.69, 9.17) is 20.1 Å². The van der Waals surface area contributed by atoms with E-state index in [9.17, 15) is 0 Å². The van der Waals surface area contributed by atoms with Gasteiger partial charge in [-0.2, -0.15) is 0 Å². The molecule has 4 nitrogen and oxygen atoms in total. The number of furan rings is 1. The topological polar surface area (TPSA) is 63.9 Å². The third-order valence-corrected chi connectivity index (χ3v) is 8.76. The monoisotopic (exact) mass is 631 g/mol. The number of rotatable bonds is 7. The van der Waals surface area contributed by atoms with Crippen molar-refractivity contribution < 1.29 is 4.42 Å². The molecule has 8 rings (SSSR count). The van der Waals surface area contributed by atoms with Gasteiger partial charge in [0.25, 0.3) is 0 Å². The van der Waals surface area contributed by atoms with E-state index in [1.165, 1.54) is 0 Å². The highest BCUT2D eigenvalue weighted by molar-refractivity contribution is 6.13. The molecule has 0 unspecified atom stereocenters. The van der Waals surface area contributed by atoms with Gasteiger partial charge in [-0.05, 0) is 75.3 Å². The van der Waals surface area contributed by atoms with Gasteiger partial charge in [0, 0.05) is 21.9 Å². The fourth-order valence-electron chi connectivity index (χ4n) is 6.33. The molecule has 0 aliphatic carbocycles. The van der Waals surface area contributed by atoms with Crippen molar-refractivity contribution >= 4 is 33.6 Å². The van der Waals surface area contributed by atoms with Crippen molar-refractivity contribution in [3.05, 3.63) is 193 Å². The van der Waals surface area contributed by atoms with Crippen molar-refractivity contribution in [3.8, 4) is 33.4 Å². The largest absolute Gasteiger partial charge is 0.456 e. The first kappa shape index (κ1) is 29.9. The Morgan fingerprint density at radius 3 is 1.71 bits per heavy atom. The van der Waals surface area contributed by atoms with Crippen molar-refractivity contribution in [3.63, 3.8) is 0 Å². The van der Waals surface area contributed by atoms with Gasteiger partial charge in [-0.3, -0.25) is 4.99 Å². The Bertz CT molecular complexity index is 2390. The van der Waals surface area contributed by atoms with Crippen LogP contribution < -0.4 is 5.73 Å². The first-order valence-electron chi connectivity index (χ1n) is 16.4. The second-order valence-corrected chi connectivity index (χ2v) is 12.0. The maximum Gasteiger partial charge on any atom is 0.157 e. The van der Waals surface area contributed by atoms with Crippen molar-refractivity contribution in [2.45, 2.75) is 6.54 Å². The number of amidine groups is 2. The third-order valence-electron chi connectivity index (χ3n) is 8.76. The van der Waals surface area contributed by atoms with Gasteiger partial charge in [0.15, 0.2) is 5.84 Å². The standard InChI is InChI=1S/C45H33N3O/c46-44(35-20-11-4-12-21-35)48-45(38-28-36(32-14-5-1-6-15-32)27-37(29-38)33-16-7-2-8-17-33)47-30-31-24-25-41-40(26-31)43-39(22-13-23-42(43)49-41)34-18-9-3-10-19-34/h1-29H,30H2,(H2,46,47,48). The zero-order chi connectivity index (χ0) is 33.0. The average Bonchev–Trinajstić information content (AvgIpc) is 3.56. The molecule has 0 saturated heterocycles. The summed E-state index contributed by atoms with van der Waals surface area (Å²) >= 11 is 0. The van der Waals surface area contributed by atoms with E-state index < -0.39 is 0 Å². The molecule has 0 aliphatic rings. The number of benzene rings is 7. The van der Waals surface area contributed by atoms with Crippen LogP contribution in [0.2, 0.25) is 0 Å². The second-order valence-electron chi connectivity index (χ2n) is 12.0. The molecule has 0 aliphatic heterocycles. The quantitative estimate of drug-likeness (QED) is 0.140. The van der Waals surface area contributed by atoms with Crippen LogP contribution in [0.1, 0.15) is 16.7 Å². The summed E-state index contributed by atoms with van der Waals surface area (Å²) in [7, 11) is 0. The number of nitrogens with zero attached hydrogens (tertiary/aromatic N) is 2. The predicted octanol–water partition coefficient (Wildman–Crippen LogP) is 10.9. The average molecular weight is 632 g/mol. The molecule has 1 aromatic heterocycles. The van der Waals surface area contributed by atoms with Crippen LogP contribution in [0.4, 0.5) is 0 Å². The van der Waals surface area contributed by atoms with Crippen LogP contribution in [0.5, 0.6) is 0 Å². The lowest BCUT2D eigenvalue weighted by atomic mass is 9.95. The zero-order valence-electron chi connectivity index (χ0n) is 26.8. The third kappa shape index (κ3) is 6.28. The lowest BCUT2D eigenvalue weighted by Crippen LogP contribution is -2.16. The summed E-state index contributed by atoms with van der Waals surface area (Å²) in [5.41, 5.74) is 17.8. The van der Waals surface area contributed by atoms with Gasteiger partial charge in [-0.15, -0.1) is 0 Å². The van der Waals surface area contributed by atoms with Gasteiger partial charge >= 0.3 is 0 Å². The number of fused-ring (bicyclic) bond motifs is 3. The Hall–Kier alpha value is -6.52. The van der Waals surface area contributed by atoms with Gasteiger partial charge in [-0.25, -0.2) is 4.99 Å². The first-order chi connectivity index (χ1) is 24.2. The minimum absolute atomic E-state index is 0.410. The van der Waals surface area contributed by atoms with Gasteiger partial charge in [-0.1, -0.05) is 140 Å². The van der Waals surface area contributed by atoms with E-state index in [1.54, 1.807) is 0 Å². The molecule has 234 valence electrons. The summed E-state index contributed by atoms with van der Waals surface area (Å²) in [5, 5.41) is 2.16. The highest BCUT2D eigenvalue weighted by atomic mass is 16.3. The summed E-state index contributed by atoms with van der Waals surface area (Å²) in [6, 6.07) is 60.1. The van der Waals surface area contributed by atoms with Crippen molar-refractivity contribution in [1.29, 1.82) is 0 Å². The molecule has 1 heterocycles. The Kier molecular flexibility index (Phi) is 8.11. The first-order valence-corrected chi connectivity index (χ1v) is 16.4. The molecule has 0 atom stereocenters. The van der Waals surface area contributed by atoms with Gasteiger partial charge in [0.2, 0.25) is 0 Å². The predicted molar refractivity (Wildman–Crippen MR) is 204 cm³/mol. The minimum Gasteiger partial charge on any atom is -0.456 e. The van der Waals surface area contributed by atoms with Crippen LogP contribution in [0.3, 0.4) is 0 Å². The molecule has 49 heavy (non-hydrogen) atoms. The number of aliphatic imine (C=N–C) groups is 2. The van der Waals surface area contributed by atoms with Crippen LogP contribution in [-0.4, -0.2) is 11.7 Å². The highest BCUT2D eigenvalue weighted by Gasteiger charge is 2.14. The van der Waals surface area contributed by atoms with Gasteiger partial charge in [0.1, 0.15) is 17.0 Å². The lowest BCUT2D eigenvalue weighted by molar-refractivity contribution is 0.669. The molecule has 0 spiro atoms. The normalized spacial score (nSPS) is 12.1. The van der Waals surface area contributed by atoms with Crippen LogP contribution in [0, 0.1) is 0 Å². The highest BCUT2D eigenvalue weighted by Crippen LogP contribution is 2.37. The van der Waals surface area contributed by atoms with E-state index >= 15 is 0 Å². The molecule has 0 radical (unpaired) electrons. The van der Waals surface area contributed by atoms with Crippen LogP contribution >= 0.6 is 0 Å². The SMILES string of the molecule is NC(=NC(=NCc1ccc2oc3cccc(-c4ccccc4)c3c2c1)c1cc(-c2ccccc2)cc(-c2ccccc2)c1)c1ccccc1. The molecule has 7 aromatic carbocycles. The molecule has 0 amide bonds.